The van der Waals surface area contributed by atoms with Gasteiger partial charge in [-0.3, -0.25) is 4.79 Å². The molecule has 0 saturated carbocycles. The molecule has 1 aromatic carbocycles. The molecule has 2 rings (SSSR count). The number of nitrogens with zero attached hydrogens (tertiary/aromatic N) is 1. The predicted molar refractivity (Wildman–Crippen MR) is 71.4 cm³/mol. The Morgan fingerprint density at radius 3 is 2.80 bits per heavy atom. The van der Waals surface area contributed by atoms with Gasteiger partial charge in [0, 0.05) is 23.9 Å². The first-order valence-electron chi connectivity index (χ1n) is 6.08. The topological polar surface area (TPSA) is 29.5 Å². The molecule has 0 aromatic heterocycles. The zero-order valence-corrected chi connectivity index (χ0v) is 12.1. The standard InChI is InChI=1S/C13H13BrF3NO2/c14-4-5-18(8-13(15,16)17)12(19)10-1-2-11-9(7-10)3-6-20-11/h1-2,7H,3-6,8H2. The fourth-order valence-electron chi connectivity index (χ4n) is 2.07. The summed E-state index contributed by atoms with van der Waals surface area (Å²) < 4.78 is 42.8. The van der Waals surface area contributed by atoms with Gasteiger partial charge in [0.25, 0.3) is 5.91 Å². The minimum absolute atomic E-state index is 0.00588. The molecule has 1 aliphatic rings. The number of ether oxygens (including phenoxy) is 1. The van der Waals surface area contributed by atoms with Gasteiger partial charge < -0.3 is 9.64 Å². The zero-order valence-electron chi connectivity index (χ0n) is 10.5. The molecule has 1 aliphatic heterocycles. The van der Waals surface area contributed by atoms with Crippen molar-refractivity contribution >= 4 is 21.8 Å². The van der Waals surface area contributed by atoms with Crippen LogP contribution in [0, 0.1) is 0 Å². The number of fused-ring (bicyclic) bond motifs is 1. The largest absolute Gasteiger partial charge is 0.493 e. The summed E-state index contributed by atoms with van der Waals surface area (Å²) >= 11 is 3.07. The third-order valence-corrected chi connectivity index (χ3v) is 3.30. The van der Waals surface area contributed by atoms with Crippen molar-refractivity contribution in [3.8, 4) is 5.75 Å². The highest BCUT2D eigenvalue weighted by molar-refractivity contribution is 9.09. The van der Waals surface area contributed by atoms with E-state index in [1.807, 2.05) is 0 Å². The lowest BCUT2D eigenvalue weighted by molar-refractivity contribution is -0.140. The van der Waals surface area contributed by atoms with E-state index in [2.05, 4.69) is 15.9 Å². The molecule has 1 heterocycles. The number of benzene rings is 1. The lowest BCUT2D eigenvalue weighted by Crippen LogP contribution is -2.40. The van der Waals surface area contributed by atoms with Gasteiger partial charge in [-0.2, -0.15) is 13.2 Å². The van der Waals surface area contributed by atoms with Crippen LogP contribution in [0.5, 0.6) is 5.75 Å². The average Bonchev–Trinajstić information content (AvgIpc) is 2.83. The molecule has 0 aliphatic carbocycles. The van der Waals surface area contributed by atoms with E-state index in [1.165, 1.54) is 6.07 Å². The molecule has 0 fully saturated rings. The Balaban J connectivity index is 2.18. The highest BCUT2D eigenvalue weighted by atomic mass is 79.9. The summed E-state index contributed by atoms with van der Waals surface area (Å²) in [6.07, 6.45) is -3.73. The number of carbonyl (C=O) groups excluding carboxylic acids is 1. The molecule has 0 bridgehead atoms. The Labute approximate surface area is 122 Å². The quantitative estimate of drug-likeness (QED) is 0.780. The number of amides is 1. The van der Waals surface area contributed by atoms with Gasteiger partial charge in [-0.15, -0.1) is 0 Å². The number of alkyl halides is 4. The van der Waals surface area contributed by atoms with E-state index in [9.17, 15) is 18.0 Å². The molecule has 0 saturated heterocycles. The molecular weight excluding hydrogens is 339 g/mol. The van der Waals surface area contributed by atoms with Crippen LogP contribution in [0.15, 0.2) is 18.2 Å². The zero-order chi connectivity index (χ0) is 14.8. The molecule has 20 heavy (non-hydrogen) atoms. The molecule has 7 heteroatoms. The molecule has 1 amide bonds. The van der Waals surface area contributed by atoms with E-state index in [4.69, 9.17) is 4.74 Å². The molecule has 110 valence electrons. The molecule has 0 unspecified atom stereocenters. The van der Waals surface area contributed by atoms with E-state index in [-0.39, 0.29) is 12.1 Å². The Bertz CT molecular complexity index is 505. The first kappa shape index (κ1) is 15.2. The molecule has 3 nitrogen and oxygen atoms in total. The Morgan fingerprint density at radius 2 is 2.15 bits per heavy atom. The van der Waals surface area contributed by atoms with Gasteiger partial charge in [0.1, 0.15) is 12.3 Å². The van der Waals surface area contributed by atoms with Crippen molar-refractivity contribution in [2.45, 2.75) is 12.6 Å². The van der Waals surface area contributed by atoms with E-state index < -0.39 is 18.6 Å². The minimum Gasteiger partial charge on any atom is -0.493 e. The monoisotopic (exact) mass is 351 g/mol. The van der Waals surface area contributed by atoms with Gasteiger partial charge >= 0.3 is 6.18 Å². The van der Waals surface area contributed by atoms with Crippen molar-refractivity contribution in [1.29, 1.82) is 0 Å². The van der Waals surface area contributed by atoms with Crippen LogP contribution in [0.3, 0.4) is 0 Å². The van der Waals surface area contributed by atoms with Gasteiger partial charge in [-0.25, -0.2) is 0 Å². The van der Waals surface area contributed by atoms with Gasteiger partial charge in [0.2, 0.25) is 0 Å². The smallest absolute Gasteiger partial charge is 0.406 e. The van der Waals surface area contributed by atoms with Crippen molar-refractivity contribution in [3.05, 3.63) is 29.3 Å². The predicted octanol–water partition coefficient (Wildman–Crippen LogP) is 3.02. The summed E-state index contributed by atoms with van der Waals surface area (Å²) in [4.78, 5) is 13.0. The fraction of sp³-hybridized carbons (Fsp3) is 0.462. The summed E-state index contributed by atoms with van der Waals surface area (Å²) in [5.74, 6) is 0.0842. The maximum atomic E-state index is 12.5. The highest BCUT2D eigenvalue weighted by Gasteiger charge is 2.33. The minimum atomic E-state index is -4.41. The Morgan fingerprint density at radius 1 is 1.40 bits per heavy atom. The first-order valence-corrected chi connectivity index (χ1v) is 7.20. The molecule has 0 atom stereocenters. The second-order valence-electron chi connectivity index (χ2n) is 4.45. The highest BCUT2D eigenvalue weighted by Crippen LogP contribution is 2.27. The van der Waals surface area contributed by atoms with Crippen LogP contribution < -0.4 is 4.74 Å². The second-order valence-corrected chi connectivity index (χ2v) is 5.24. The lowest BCUT2D eigenvalue weighted by Gasteiger charge is -2.23. The fourth-order valence-corrected chi connectivity index (χ4v) is 2.50. The van der Waals surface area contributed by atoms with Gasteiger partial charge in [0.15, 0.2) is 0 Å². The van der Waals surface area contributed by atoms with Crippen LogP contribution in [0.1, 0.15) is 15.9 Å². The summed E-state index contributed by atoms with van der Waals surface area (Å²) in [5, 5.41) is 0.295. The van der Waals surface area contributed by atoms with Crippen LogP contribution in [0.4, 0.5) is 13.2 Å². The van der Waals surface area contributed by atoms with Crippen molar-refractivity contribution < 1.29 is 22.7 Å². The van der Waals surface area contributed by atoms with Gasteiger partial charge in [-0.1, -0.05) is 15.9 Å². The normalized spacial score (nSPS) is 13.8. The third-order valence-electron chi connectivity index (χ3n) is 2.95. The van der Waals surface area contributed by atoms with Gasteiger partial charge in [-0.05, 0) is 23.8 Å². The van der Waals surface area contributed by atoms with Gasteiger partial charge in [0.05, 0.1) is 6.61 Å². The average molecular weight is 352 g/mol. The Kier molecular flexibility index (Phi) is 4.57. The number of hydrogen-bond acceptors (Lipinski definition) is 2. The lowest BCUT2D eigenvalue weighted by atomic mass is 10.1. The number of rotatable bonds is 4. The van der Waals surface area contributed by atoms with E-state index in [1.54, 1.807) is 12.1 Å². The van der Waals surface area contributed by atoms with Crippen molar-refractivity contribution in [2.24, 2.45) is 0 Å². The summed E-state index contributed by atoms with van der Waals surface area (Å²) in [6.45, 7) is -0.697. The number of hydrogen-bond donors (Lipinski definition) is 0. The van der Waals surface area contributed by atoms with Crippen LogP contribution in [0.25, 0.3) is 0 Å². The summed E-state index contributed by atoms with van der Waals surface area (Å²) in [5.41, 5.74) is 1.13. The van der Waals surface area contributed by atoms with Crippen LogP contribution in [-0.4, -0.2) is 42.0 Å². The van der Waals surface area contributed by atoms with Crippen molar-refractivity contribution in [3.63, 3.8) is 0 Å². The van der Waals surface area contributed by atoms with Crippen LogP contribution in [-0.2, 0) is 6.42 Å². The molecule has 0 spiro atoms. The summed E-state index contributed by atoms with van der Waals surface area (Å²) in [6, 6.07) is 4.75. The van der Waals surface area contributed by atoms with Crippen LogP contribution in [0.2, 0.25) is 0 Å². The van der Waals surface area contributed by atoms with Crippen molar-refractivity contribution in [1.82, 2.24) is 4.90 Å². The SMILES string of the molecule is O=C(c1ccc2c(c1)CCO2)N(CCBr)CC(F)(F)F. The molecule has 1 aromatic rings. The van der Waals surface area contributed by atoms with Crippen molar-refractivity contribution in [2.75, 3.05) is 25.0 Å². The van der Waals surface area contributed by atoms with E-state index in [0.717, 1.165) is 10.5 Å². The Hall–Kier alpha value is -1.24. The van der Waals surface area contributed by atoms with E-state index >= 15 is 0 Å². The number of halogens is 4. The third kappa shape index (κ3) is 3.65. The molecule has 0 N–H and O–H groups in total. The molecular formula is C13H13BrF3NO2. The summed E-state index contributed by atoms with van der Waals surface area (Å²) in [7, 11) is 0. The van der Waals surface area contributed by atoms with E-state index in [0.29, 0.717) is 24.1 Å². The molecule has 0 radical (unpaired) electrons. The first-order chi connectivity index (χ1) is 9.40. The van der Waals surface area contributed by atoms with Crippen LogP contribution >= 0.6 is 15.9 Å². The maximum Gasteiger partial charge on any atom is 0.406 e. The second kappa shape index (κ2) is 6.03. The maximum absolute atomic E-state index is 12.5. The number of carbonyl (C=O) groups is 1.